The normalized spacial score (nSPS) is 11.1. The largest absolute Gasteiger partial charge is 0.382 e. The van der Waals surface area contributed by atoms with Crippen LogP contribution < -0.4 is 4.57 Å². The van der Waals surface area contributed by atoms with Crippen molar-refractivity contribution in [3.05, 3.63) is 18.7 Å². The highest BCUT2D eigenvalue weighted by Gasteiger charge is 1.99. The molecule has 20 heavy (non-hydrogen) atoms. The number of hydrogen-bond donors (Lipinski definition) is 0. The van der Waals surface area contributed by atoms with Gasteiger partial charge in [0.25, 0.3) is 0 Å². The first kappa shape index (κ1) is 17.5. The highest BCUT2D eigenvalue weighted by molar-refractivity contribution is 7.99. The van der Waals surface area contributed by atoms with Gasteiger partial charge in [0, 0.05) is 12.9 Å². The quantitative estimate of drug-likeness (QED) is 0.404. The molecule has 0 spiro atoms. The van der Waals surface area contributed by atoms with Gasteiger partial charge in [-0.05, 0) is 12.2 Å². The third-order valence-electron chi connectivity index (χ3n) is 2.70. The molecule has 0 radical (unpaired) electrons. The summed E-state index contributed by atoms with van der Waals surface area (Å²) in [6.45, 7) is 4.50. The molecule has 0 aliphatic carbocycles. The third kappa shape index (κ3) is 9.36. The fraction of sp³-hybridized carbons (Fsp3) is 0.786. The molecule has 0 aliphatic heterocycles. The van der Waals surface area contributed by atoms with Crippen LogP contribution in [0.3, 0.4) is 0 Å². The number of imidazole rings is 1. The molecule has 0 saturated heterocycles. The Morgan fingerprint density at radius 1 is 1.05 bits per heavy atom. The highest BCUT2D eigenvalue weighted by Crippen LogP contribution is 2.03. The Morgan fingerprint density at radius 2 is 1.80 bits per heavy atom. The molecular weight excluding hydrogens is 276 g/mol. The van der Waals surface area contributed by atoms with Crippen molar-refractivity contribution in [1.29, 1.82) is 0 Å². The minimum atomic E-state index is 0.645. The third-order valence-corrected chi connectivity index (χ3v) is 3.74. The Hall–Kier alpha value is -0.560. The van der Waals surface area contributed by atoms with E-state index in [1.165, 1.54) is 12.2 Å². The van der Waals surface area contributed by atoms with Crippen LogP contribution in [0.4, 0.5) is 0 Å². The predicted molar refractivity (Wildman–Crippen MR) is 81.1 cm³/mol. The minimum absolute atomic E-state index is 0.645. The lowest BCUT2D eigenvalue weighted by molar-refractivity contribution is -0.671. The Bertz CT molecular complexity index is 334. The van der Waals surface area contributed by atoms with E-state index in [0.29, 0.717) is 26.4 Å². The first-order valence-corrected chi connectivity index (χ1v) is 8.21. The summed E-state index contributed by atoms with van der Waals surface area (Å²) < 4.78 is 20.0. The maximum absolute atomic E-state index is 5.49. The van der Waals surface area contributed by atoms with E-state index in [1.807, 2.05) is 18.8 Å². The number of aromatic nitrogens is 2. The van der Waals surface area contributed by atoms with Gasteiger partial charge in [-0.25, -0.2) is 9.13 Å². The number of ether oxygens (including phenoxy) is 3. The van der Waals surface area contributed by atoms with Gasteiger partial charge in [0.2, 0.25) is 6.33 Å². The molecule has 1 heterocycles. The van der Waals surface area contributed by atoms with Crippen LogP contribution in [0.25, 0.3) is 0 Å². The van der Waals surface area contributed by atoms with Crippen molar-refractivity contribution in [1.82, 2.24) is 4.57 Å². The number of hydrogen-bond acceptors (Lipinski definition) is 4. The van der Waals surface area contributed by atoms with Crippen molar-refractivity contribution in [2.45, 2.75) is 13.0 Å². The van der Waals surface area contributed by atoms with E-state index in [1.54, 1.807) is 7.11 Å². The monoisotopic (exact) mass is 303 g/mol. The van der Waals surface area contributed by atoms with Gasteiger partial charge in [-0.1, -0.05) is 0 Å². The molecule has 6 heteroatoms. The zero-order chi connectivity index (χ0) is 14.5. The molecule has 0 unspecified atom stereocenters. The summed E-state index contributed by atoms with van der Waals surface area (Å²) in [6, 6.07) is 0. The first-order valence-electron chi connectivity index (χ1n) is 7.06. The van der Waals surface area contributed by atoms with Gasteiger partial charge in [-0.15, -0.1) is 0 Å². The standard InChI is InChI=1S/C14H27N2O3S/c1-15-5-6-16(14-15)4-3-12-20-13-11-19-10-9-18-8-7-17-2/h5-6,14H,3-4,7-13H2,1-2H3/q+1. The number of aryl methyl sites for hydroxylation is 2. The smallest absolute Gasteiger partial charge is 0.243 e. The van der Waals surface area contributed by atoms with E-state index in [4.69, 9.17) is 14.2 Å². The summed E-state index contributed by atoms with van der Waals surface area (Å²) in [5.74, 6) is 2.23. The van der Waals surface area contributed by atoms with Crippen molar-refractivity contribution in [2.75, 3.05) is 51.6 Å². The zero-order valence-corrected chi connectivity index (χ0v) is 13.4. The Kier molecular flexibility index (Phi) is 10.7. The molecule has 0 atom stereocenters. The van der Waals surface area contributed by atoms with E-state index in [0.717, 1.165) is 18.9 Å². The molecule has 0 amide bonds. The molecule has 116 valence electrons. The molecule has 1 aromatic heterocycles. The Labute approximate surface area is 126 Å². The second kappa shape index (κ2) is 12.2. The molecule has 0 aromatic carbocycles. The summed E-state index contributed by atoms with van der Waals surface area (Å²) >= 11 is 1.95. The van der Waals surface area contributed by atoms with Crippen LogP contribution in [0.2, 0.25) is 0 Å². The van der Waals surface area contributed by atoms with E-state index >= 15 is 0 Å². The zero-order valence-electron chi connectivity index (χ0n) is 12.6. The summed E-state index contributed by atoms with van der Waals surface area (Å²) in [5.41, 5.74) is 0. The summed E-state index contributed by atoms with van der Waals surface area (Å²) in [6.07, 6.45) is 7.48. The van der Waals surface area contributed by atoms with Gasteiger partial charge < -0.3 is 14.2 Å². The highest BCUT2D eigenvalue weighted by atomic mass is 32.2. The molecule has 1 rings (SSSR count). The molecule has 1 aromatic rings. The number of nitrogens with zero attached hydrogens (tertiary/aromatic N) is 2. The fourth-order valence-electron chi connectivity index (χ4n) is 1.67. The Morgan fingerprint density at radius 3 is 2.50 bits per heavy atom. The van der Waals surface area contributed by atoms with Crippen LogP contribution in [0.15, 0.2) is 18.7 Å². The fourth-order valence-corrected chi connectivity index (χ4v) is 2.44. The van der Waals surface area contributed by atoms with Crippen LogP contribution >= 0.6 is 11.8 Å². The lowest BCUT2D eigenvalue weighted by Crippen LogP contribution is -2.23. The van der Waals surface area contributed by atoms with Crippen LogP contribution in [-0.2, 0) is 27.8 Å². The minimum Gasteiger partial charge on any atom is -0.382 e. The summed E-state index contributed by atoms with van der Waals surface area (Å²) in [5, 5.41) is 0. The average molecular weight is 303 g/mol. The van der Waals surface area contributed by atoms with Gasteiger partial charge in [0.1, 0.15) is 12.4 Å². The number of rotatable bonds is 13. The van der Waals surface area contributed by atoms with Gasteiger partial charge in [0.05, 0.1) is 46.6 Å². The van der Waals surface area contributed by atoms with Gasteiger partial charge in [0.15, 0.2) is 0 Å². The maximum atomic E-state index is 5.49. The van der Waals surface area contributed by atoms with Crippen LogP contribution in [-0.4, -0.2) is 56.2 Å². The van der Waals surface area contributed by atoms with Crippen molar-refractivity contribution in [3.8, 4) is 0 Å². The number of methoxy groups -OCH3 is 1. The summed E-state index contributed by atoms with van der Waals surface area (Å²) in [7, 11) is 3.72. The van der Waals surface area contributed by atoms with E-state index in [-0.39, 0.29) is 0 Å². The average Bonchev–Trinajstić information content (AvgIpc) is 2.86. The van der Waals surface area contributed by atoms with Crippen LogP contribution in [0.1, 0.15) is 6.42 Å². The molecule has 0 saturated carbocycles. The van der Waals surface area contributed by atoms with E-state index in [9.17, 15) is 0 Å². The molecule has 0 fully saturated rings. The molecule has 0 aliphatic rings. The second-order valence-electron chi connectivity index (χ2n) is 4.50. The van der Waals surface area contributed by atoms with Crippen molar-refractivity contribution < 1.29 is 18.8 Å². The van der Waals surface area contributed by atoms with E-state index in [2.05, 4.69) is 27.9 Å². The summed E-state index contributed by atoms with van der Waals surface area (Å²) in [4.78, 5) is 0. The van der Waals surface area contributed by atoms with E-state index < -0.39 is 0 Å². The predicted octanol–water partition coefficient (Wildman–Crippen LogP) is 1.12. The molecule has 0 N–H and O–H groups in total. The Balaban J connectivity index is 1.76. The van der Waals surface area contributed by atoms with Gasteiger partial charge in [-0.2, -0.15) is 11.8 Å². The molecule has 0 bridgehead atoms. The molecular formula is C14H27N2O3S+. The molecule has 5 nitrogen and oxygen atoms in total. The van der Waals surface area contributed by atoms with Crippen molar-refractivity contribution >= 4 is 11.8 Å². The van der Waals surface area contributed by atoms with Crippen molar-refractivity contribution in [3.63, 3.8) is 0 Å². The van der Waals surface area contributed by atoms with Crippen molar-refractivity contribution in [2.24, 2.45) is 7.05 Å². The van der Waals surface area contributed by atoms with Gasteiger partial charge >= 0.3 is 0 Å². The number of thioether (sulfide) groups is 1. The SMILES string of the molecule is COCCOCCOCCSCCCn1cc[n+](C)c1. The first-order chi connectivity index (χ1) is 9.83. The second-order valence-corrected chi connectivity index (χ2v) is 5.73. The van der Waals surface area contributed by atoms with Crippen LogP contribution in [0, 0.1) is 0 Å². The lowest BCUT2D eigenvalue weighted by Gasteiger charge is -2.05. The van der Waals surface area contributed by atoms with Gasteiger partial charge in [-0.3, -0.25) is 0 Å². The maximum Gasteiger partial charge on any atom is 0.243 e. The topological polar surface area (TPSA) is 36.5 Å². The van der Waals surface area contributed by atoms with Crippen LogP contribution in [0.5, 0.6) is 0 Å². The lowest BCUT2D eigenvalue weighted by atomic mass is 10.5.